The summed E-state index contributed by atoms with van der Waals surface area (Å²) in [6, 6.07) is 10.1. The molecule has 0 aliphatic carbocycles. The van der Waals surface area contributed by atoms with Gasteiger partial charge in [-0.25, -0.2) is 4.68 Å². The molecule has 0 atom stereocenters. The van der Waals surface area contributed by atoms with E-state index in [2.05, 4.69) is 5.10 Å². The van der Waals surface area contributed by atoms with Crippen molar-refractivity contribution >= 4 is 11.7 Å². The van der Waals surface area contributed by atoms with Gasteiger partial charge in [0.25, 0.3) is 0 Å². The molecule has 1 aromatic carbocycles. The van der Waals surface area contributed by atoms with Crippen LogP contribution in [0.25, 0.3) is 5.69 Å². The number of nitrogens with zero attached hydrogens (tertiary/aromatic N) is 2. The first-order valence-electron chi connectivity index (χ1n) is 4.96. The number of carbonyl (C=O) groups excluding carboxylic acids is 1. The Labute approximate surface area is 100 Å². The molecule has 0 unspecified atom stereocenters. The van der Waals surface area contributed by atoms with E-state index >= 15 is 0 Å². The van der Waals surface area contributed by atoms with Crippen LogP contribution < -0.4 is 5.32 Å². The van der Waals surface area contributed by atoms with E-state index in [0.29, 0.717) is 5.69 Å². The second-order valence-corrected chi connectivity index (χ2v) is 3.43. The summed E-state index contributed by atoms with van der Waals surface area (Å²) < 4.78 is 37.4. The van der Waals surface area contributed by atoms with Gasteiger partial charge in [0.15, 0.2) is 5.82 Å². The van der Waals surface area contributed by atoms with Gasteiger partial charge in [-0.1, -0.05) is 18.2 Å². The molecule has 94 valence electrons. The molecular formula is C11H8F3N3O. The molecule has 2 aromatic rings. The number of halogens is 3. The largest absolute Gasteiger partial charge is 0.471 e. The number of anilines is 1. The minimum Gasteiger partial charge on any atom is -0.301 e. The van der Waals surface area contributed by atoms with E-state index in [0.717, 1.165) is 0 Å². The molecule has 1 amide bonds. The van der Waals surface area contributed by atoms with Crippen molar-refractivity contribution in [1.82, 2.24) is 9.78 Å². The lowest BCUT2D eigenvalue weighted by Gasteiger charge is -2.05. The minimum absolute atomic E-state index is 0.152. The van der Waals surface area contributed by atoms with E-state index in [1.54, 1.807) is 35.6 Å². The lowest BCUT2D eigenvalue weighted by atomic mass is 10.3. The van der Waals surface area contributed by atoms with Crippen LogP contribution in [0, 0.1) is 0 Å². The summed E-state index contributed by atoms with van der Waals surface area (Å²) in [6.45, 7) is 0. The van der Waals surface area contributed by atoms with E-state index in [1.165, 1.54) is 16.9 Å². The quantitative estimate of drug-likeness (QED) is 0.895. The molecule has 7 heteroatoms. The van der Waals surface area contributed by atoms with Crippen LogP contribution in [0.15, 0.2) is 42.6 Å². The van der Waals surface area contributed by atoms with Gasteiger partial charge in [-0.15, -0.1) is 0 Å². The maximum absolute atomic E-state index is 12.0. The number of carbonyl (C=O) groups is 1. The van der Waals surface area contributed by atoms with Crippen molar-refractivity contribution in [1.29, 1.82) is 0 Å². The highest BCUT2D eigenvalue weighted by Crippen LogP contribution is 2.17. The standard InChI is InChI=1S/C11H8F3N3O/c12-11(13,14)10(18)15-9-6-7-17(16-9)8-4-2-1-3-5-8/h1-7H,(H,15,16,18). The van der Waals surface area contributed by atoms with Gasteiger partial charge in [0, 0.05) is 12.3 Å². The van der Waals surface area contributed by atoms with Gasteiger partial charge in [0.2, 0.25) is 0 Å². The molecule has 0 aliphatic heterocycles. The molecule has 1 aromatic heterocycles. The average molecular weight is 255 g/mol. The van der Waals surface area contributed by atoms with E-state index in [-0.39, 0.29) is 5.82 Å². The van der Waals surface area contributed by atoms with Crippen molar-refractivity contribution in [2.75, 3.05) is 5.32 Å². The minimum atomic E-state index is -4.92. The first-order valence-corrected chi connectivity index (χ1v) is 4.96. The fourth-order valence-electron chi connectivity index (χ4n) is 1.30. The van der Waals surface area contributed by atoms with Gasteiger partial charge >= 0.3 is 12.1 Å². The van der Waals surface area contributed by atoms with Crippen LogP contribution in [0.4, 0.5) is 19.0 Å². The maximum Gasteiger partial charge on any atom is 0.471 e. The smallest absolute Gasteiger partial charge is 0.301 e. The molecule has 0 saturated carbocycles. The third-order valence-corrected chi connectivity index (χ3v) is 2.11. The van der Waals surface area contributed by atoms with Crippen molar-refractivity contribution in [2.24, 2.45) is 0 Å². The van der Waals surface area contributed by atoms with Crippen molar-refractivity contribution in [3.8, 4) is 5.69 Å². The van der Waals surface area contributed by atoms with Crippen LogP contribution in [-0.4, -0.2) is 21.9 Å². The topological polar surface area (TPSA) is 46.9 Å². The number of benzene rings is 1. The molecule has 1 N–H and O–H groups in total. The predicted molar refractivity (Wildman–Crippen MR) is 58.2 cm³/mol. The van der Waals surface area contributed by atoms with Crippen LogP contribution in [0.2, 0.25) is 0 Å². The summed E-state index contributed by atoms with van der Waals surface area (Å²) in [5.41, 5.74) is 0.685. The molecule has 0 saturated heterocycles. The molecule has 4 nitrogen and oxygen atoms in total. The van der Waals surface area contributed by atoms with Crippen molar-refractivity contribution < 1.29 is 18.0 Å². The normalized spacial score (nSPS) is 11.3. The Morgan fingerprint density at radius 1 is 1.17 bits per heavy atom. The summed E-state index contributed by atoms with van der Waals surface area (Å²) >= 11 is 0. The number of aromatic nitrogens is 2. The summed E-state index contributed by atoms with van der Waals surface area (Å²) in [5.74, 6) is -2.19. The van der Waals surface area contributed by atoms with Crippen molar-refractivity contribution in [3.05, 3.63) is 42.6 Å². The second kappa shape index (κ2) is 4.52. The van der Waals surface area contributed by atoms with Crippen LogP contribution in [0.1, 0.15) is 0 Å². The molecule has 0 bridgehead atoms. The average Bonchev–Trinajstić information content (AvgIpc) is 2.77. The number of para-hydroxylation sites is 1. The maximum atomic E-state index is 12.0. The highest BCUT2D eigenvalue weighted by molar-refractivity contribution is 5.94. The monoisotopic (exact) mass is 255 g/mol. The summed E-state index contributed by atoms with van der Waals surface area (Å²) in [4.78, 5) is 10.7. The highest BCUT2D eigenvalue weighted by atomic mass is 19.4. The van der Waals surface area contributed by atoms with Crippen LogP contribution in [-0.2, 0) is 4.79 Å². The zero-order valence-electron chi connectivity index (χ0n) is 8.98. The molecule has 2 rings (SSSR count). The van der Waals surface area contributed by atoms with Crippen molar-refractivity contribution in [2.45, 2.75) is 6.18 Å². The molecular weight excluding hydrogens is 247 g/mol. The number of amides is 1. The number of rotatable bonds is 2. The lowest BCUT2D eigenvalue weighted by Crippen LogP contribution is -2.30. The number of alkyl halides is 3. The Bertz CT molecular complexity index is 548. The van der Waals surface area contributed by atoms with Gasteiger partial charge in [-0.05, 0) is 12.1 Å². The molecule has 0 fully saturated rings. The fraction of sp³-hybridized carbons (Fsp3) is 0.0909. The van der Waals surface area contributed by atoms with E-state index in [9.17, 15) is 18.0 Å². The molecule has 0 radical (unpaired) electrons. The Kier molecular flexibility index (Phi) is 3.05. The summed E-state index contributed by atoms with van der Waals surface area (Å²) in [6.07, 6.45) is -3.46. The van der Waals surface area contributed by atoms with Gasteiger partial charge in [-0.3, -0.25) is 4.79 Å². The van der Waals surface area contributed by atoms with Gasteiger partial charge in [0.1, 0.15) is 0 Å². The third-order valence-electron chi connectivity index (χ3n) is 2.11. The predicted octanol–water partition coefficient (Wildman–Crippen LogP) is 2.37. The SMILES string of the molecule is O=C(Nc1ccn(-c2ccccc2)n1)C(F)(F)F. The zero-order valence-corrected chi connectivity index (χ0v) is 8.98. The molecule has 0 aliphatic rings. The fourth-order valence-corrected chi connectivity index (χ4v) is 1.30. The lowest BCUT2D eigenvalue weighted by molar-refractivity contribution is -0.167. The van der Waals surface area contributed by atoms with Crippen LogP contribution in [0.3, 0.4) is 0 Å². The van der Waals surface area contributed by atoms with Crippen molar-refractivity contribution in [3.63, 3.8) is 0 Å². The van der Waals surface area contributed by atoms with Gasteiger partial charge in [0.05, 0.1) is 5.69 Å². The van der Waals surface area contributed by atoms with E-state index < -0.39 is 12.1 Å². The zero-order chi connectivity index (χ0) is 13.2. The second-order valence-electron chi connectivity index (χ2n) is 3.43. The first kappa shape index (κ1) is 12.2. The van der Waals surface area contributed by atoms with Gasteiger partial charge < -0.3 is 5.32 Å². The van der Waals surface area contributed by atoms with Crippen LogP contribution in [0.5, 0.6) is 0 Å². The van der Waals surface area contributed by atoms with Crippen LogP contribution >= 0.6 is 0 Å². The van der Waals surface area contributed by atoms with E-state index in [4.69, 9.17) is 0 Å². The molecule has 0 spiro atoms. The Morgan fingerprint density at radius 2 is 1.83 bits per heavy atom. The first-order chi connectivity index (χ1) is 8.47. The molecule has 18 heavy (non-hydrogen) atoms. The summed E-state index contributed by atoms with van der Waals surface area (Å²) in [7, 11) is 0. The number of hydrogen-bond donors (Lipinski definition) is 1. The third kappa shape index (κ3) is 2.68. The van der Waals surface area contributed by atoms with Gasteiger partial charge in [-0.2, -0.15) is 18.3 Å². The highest BCUT2D eigenvalue weighted by Gasteiger charge is 2.39. The number of nitrogens with one attached hydrogen (secondary N) is 1. The Morgan fingerprint density at radius 3 is 2.44 bits per heavy atom. The summed E-state index contributed by atoms with van der Waals surface area (Å²) in [5, 5.41) is 5.49. The molecule has 1 heterocycles. The number of hydrogen-bond acceptors (Lipinski definition) is 2. The van der Waals surface area contributed by atoms with E-state index in [1.807, 2.05) is 0 Å². The Hall–Kier alpha value is -2.31. The Balaban J connectivity index is 2.15.